The topological polar surface area (TPSA) is 81.1 Å². The van der Waals surface area contributed by atoms with Crippen LogP contribution in [0.4, 0.5) is 0 Å². The Morgan fingerprint density at radius 1 is 1.28 bits per heavy atom. The Morgan fingerprint density at radius 3 is 2.67 bits per heavy atom. The van der Waals surface area contributed by atoms with E-state index in [9.17, 15) is 9.90 Å². The molecule has 8 heteroatoms. The third kappa shape index (κ3) is 4.75. The minimum atomic E-state index is -0.521. The smallest absolute Gasteiger partial charge is 0.225 e. The molecule has 0 bridgehead atoms. The van der Waals surface area contributed by atoms with Crippen molar-refractivity contribution in [3.63, 3.8) is 0 Å². The maximum Gasteiger partial charge on any atom is 0.225 e. The quantitative estimate of drug-likeness (QED) is 0.620. The molecule has 2 aliphatic carbocycles. The fourth-order valence-electron chi connectivity index (χ4n) is 6.73. The number of benzene rings is 1. The van der Waals surface area contributed by atoms with Gasteiger partial charge >= 0.3 is 0 Å². The van der Waals surface area contributed by atoms with E-state index in [0.29, 0.717) is 32.9 Å². The first-order valence-corrected chi connectivity index (χ1v) is 13.9. The van der Waals surface area contributed by atoms with Crippen LogP contribution in [0, 0.1) is 23.2 Å². The summed E-state index contributed by atoms with van der Waals surface area (Å²) in [6, 6.07) is 7.58. The summed E-state index contributed by atoms with van der Waals surface area (Å²) < 4.78 is 16.6. The van der Waals surface area contributed by atoms with Crippen molar-refractivity contribution < 1.29 is 24.1 Å². The fourth-order valence-corrected chi connectivity index (χ4v) is 8.01. The van der Waals surface area contributed by atoms with Crippen LogP contribution in [0.5, 0.6) is 11.5 Å². The number of ether oxygens (including phenoxy) is 3. The number of thiazole rings is 1. The largest absolute Gasteiger partial charge is 0.497 e. The number of aromatic nitrogens is 1. The Kier molecular flexibility index (Phi) is 7.30. The molecule has 1 aromatic heterocycles. The second-order valence-electron chi connectivity index (χ2n) is 10.9. The number of fused-ring (bicyclic) bond motifs is 2. The van der Waals surface area contributed by atoms with Crippen LogP contribution in [0.3, 0.4) is 0 Å². The molecule has 6 atom stereocenters. The molecule has 1 aliphatic heterocycles. The van der Waals surface area contributed by atoms with Gasteiger partial charge in [-0.15, -0.1) is 11.3 Å². The zero-order valence-electron chi connectivity index (χ0n) is 21.7. The summed E-state index contributed by atoms with van der Waals surface area (Å²) in [6.45, 7) is 9.44. The Balaban J connectivity index is 1.30. The first kappa shape index (κ1) is 25.5. The molecule has 3 aliphatic rings. The molecule has 196 valence electrons. The molecule has 1 amide bonds. The van der Waals surface area contributed by atoms with E-state index in [-0.39, 0.29) is 35.0 Å². The summed E-state index contributed by atoms with van der Waals surface area (Å²) in [5.74, 6) is 1.74. The normalized spacial score (nSPS) is 30.8. The van der Waals surface area contributed by atoms with E-state index in [0.717, 1.165) is 41.5 Å². The molecular formula is C28H38N2O5S. The molecule has 5 rings (SSSR count). The third-order valence-electron chi connectivity index (χ3n) is 8.74. The van der Waals surface area contributed by atoms with Crippen molar-refractivity contribution in [1.29, 1.82) is 0 Å². The van der Waals surface area contributed by atoms with E-state index in [1.807, 2.05) is 36.1 Å². The van der Waals surface area contributed by atoms with Crippen LogP contribution in [0.25, 0.3) is 0 Å². The number of aliphatic hydroxyl groups is 1. The lowest BCUT2D eigenvalue weighted by Crippen LogP contribution is -2.54. The summed E-state index contributed by atoms with van der Waals surface area (Å²) in [5.41, 5.74) is 1.10. The molecule has 7 nitrogen and oxygen atoms in total. The standard InChI is InChI=1S/C28H38N2O5S/c1-17(27(32)30-11-13-34-14-12-30)21-9-10-28(3)15-22-25(18(2)24(28)26(21)31)29-23(36-22)16-35-20-7-5-19(33-4)6-8-20/h5-8,17-18,21,24,26,31H,9-16H2,1-4H3/t17-,18-,21?,24+,26-,28-/m0/s1. The van der Waals surface area contributed by atoms with Gasteiger partial charge in [0.05, 0.1) is 32.1 Å². The van der Waals surface area contributed by atoms with E-state index in [4.69, 9.17) is 19.2 Å². The molecule has 0 spiro atoms. The second-order valence-corrected chi connectivity index (χ2v) is 12.1. The van der Waals surface area contributed by atoms with Crippen LogP contribution in [0.15, 0.2) is 24.3 Å². The van der Waals surface area contributed by atoms with E-state index in [2.05, 4.69) is 13.8 Å². The summed E-state index contributed by atoms with van der Waals surface area (Å²) in [4.78, 5) is 21.4. The van der Waals surface area contributed by atoms with Gasteiger partial charge in [0, 0.05) is 29.8 Å². The number of rotatable bonds is 6. The summed E-state index contributed by atoms with van der Waals surface area (Å²) in [7, 11) is 1.65. The van der Waals surface area contributed by atoms with Crippen molar-refractivity contribution >= 4 is 17.2 Å². The van der Waals surface area contributed by atoms with Gasteiger partial charge in [0.15, 0.2) is 0 Å². The zero-order valence-corrected chi connectivity index (χ0v) is 22.6. The lowest BCUT2D eigenvalue weighted by atomic mass is 9.53. The van der Waals surface area contributed by atoms with E-state index < -0.39 is 6.10 Å². The van der Waals surface area contributed by atoms with Gasteiger partial charge in [-0.3, -0.25) is 4.79 Å². The molecule has 1 saturated carbocycles. The molecule has 1 N–H and O–H groups in total. The first-order chi connectivity index (χ1) is 17.3. The molecule has 2 fully saturated rings. The number of carbonyl (C=O) groups excluding carboxylic acids is 1. The summed E-state index contributed by atoms with van der Waals surface area (Å²) in [6.07, 6.45) is 2.29. The lowest BCUT2D eigenvalue weighted by Gasteiger charge is -2.53. The van der Waals surface area contributed by atoms with Gasteiger partial charge in [-0.1, -0.05) is 20.8 Å². The predicted molar refractivity (Wildman–Crippen MR) is 138 cm³/mol. The average molecular weight is 515 g/mol. The lowest BCUT2D eigenvalue weighted by molar-refractivity contribution is -0.148. The number of amides is 1. The van der Waals surface area contributed by atoms with Crippen molar-refractivity contribution in [3.8, 4) is 11.5 Å². The molecule has 0 radical (unpaired) electrons. The summed E-state index contributed by atoms with van der Waals surface area (Å²) >= 11 is 1.74. The van der Waals surface area contributed by atoms with Crippen LogP contribution < -0.4 is 9.47 Å². The van der Waals surface area contributed by atoms with Crippen LogP contribution >= 0.6 is 11.3 Å². The zero-order chi connectivity index (χ0) is 25.4. The third-order valence-corrected chi connectivity index (χ3v) is 9.79. The number of carbonyl (C=O) groups is 1. The van der Waals surface area contributed by atoms with Gasteiger partial charge in [-0.25, -0.2) is 4.98 Å². The predicted octanol–water partition coefficient (Wildman–Crippen LogP) is 4.28. The number of hydrogen-bond donors (Lipinski definition) is 1. The highest BCUT2D eigenvalue weighted by atomic mass is 32.1. The minimum absolute atomic E-state index is 0.00467. The van der Waals surface area contributed by atoms with Gasteiger partial charge in [0.25, 0.3) is 0 Å². The summed E-state index contributed by atoms with van der Waals surface area (Å²) in [5, 5.41) is 12.7. The van der Waals surface area contributed by atoms with E-state index >= 15 is 0 Å². The van der Waals surface area contributed by atoms with Gasteiger partial charge in [0.2, 0.25) is 5.91 Å². The van der Waals surface area contributed by atoms with Crippen LogP contribution in [-0.4, -0.2) is 60.4 Å². The number of aliphatic hydroxyl groups excluding tert-OH is 1. The fraction of sp³-hybridized carbons (Fsp3) is 0.643. The van der Waals surface area contributed by atoms with Crippen LogP contribution in [-0.2, 0) is 22.6 Å². The molecule has 2 heterocycles. The van der Waals surface area contributed by atoms with Gasteiger partial charge < -0.3 is 24.2 Å². The SMILES string of the molecule is COc1ccc(OCc2nc3c(s2)C[C@]2(C)CCC([C@H](C)C(=O)N4CCOCC4)[C@H](O)[C@H]2[C@@H]3C)cc1. The Labute approximate surface area is 217 Å². The first-order valence-electron chi connectivity index (χ1n) is 13.1. The number of morpholine rings is 1. The highest BCUT2D eigenvalue weighted by Gasteiger charge is 2.54. The van der Waals surface area contributed by atoms with Crippen molar-refractivity contribution in [3.05, 3.63) is 39.8 Å². The molecule has 2 aromatic rings. The van der Waals surface area contributed by atoms with Crippen molar-refractivity contribution in [2.24, 2.45) is 23.2 Å². The molecule has 1 unspecified atom stereocenters. The Hall–Kier alpha value is -2.16. The second kappa shape index (κ2) is 10.3. The van der Waals surface area contributed by atoms with Crippen LogP contribution in [0.1, 0.15) is 55.1 Å². The van der Waals surface area contributed by atoms with Crippen molar-refractivity contribution in [1.82, 2.24) is 9.88 Å². The van der Waals surface area contributed by atoms with Gasteiger partial charge in [-0.2, -0.15) is 0 Å². The highest BCUT2D eigenvalue weighted by molar-refractivity contribution is 7.11. The van der Waals surface area contributed by atoms with E-state index in [1.165, 1.54) is 4.88 Å². The molecule has 36 heavy (non-hydrogen) atoms. The maximum absolute atomic E-state index is 13.2. The minimum Gasteiger partial charge on any atom is -0.497 e. The van der Waals surface area contributed by atoms with E-state index in [1.54, 1.807) is 18.4 Å². The van der Waals surface area contributed by atoms with Crippen molar-refractivity contribution in [2.45, 2.75) is 58.7 Å². The number of hydrogen-bond acceptors (Lipinski definition) is 7. The van der Waals surface area contributed by atoms with Gasteiger partial charge in [-0.05, 0) is 60.8 Å². The monoisotopic (exact) mass is 514 g/mol. The molecular weight excluding hydrogens is 476 g/mol. The molecule has 1 saturated heterocycles. The maximum atomic E-state index is 13.2. The Morgan fingerprint density at radius 2 is 1.97 bits per heavy atom. The molecule has 1 aromatic carbocycles. The average Bonchev–Trinajstić information content (AvgIpc) is 3.30. The van der Waals surface area contributed by atoms with Crippen LogP contribution in [0.2, 0.25) is 0 Å². The van der Waals surface area contributed by atoms with Gasteiger partial charge in [0.1, 0.15) is 23.1 Å². The number of methoxy groups -OCH3 is 1. The highest BCUT2D eigenvalue weighted by Crippen LogP contribution is 2.57. The van der Waals surface area contributed by atoms with Crippen molar-refractivity contribution in [2.75, 3.05) is 33.4 Å². The Bertz CT molecular complexity index is 1070. The number of nitrogens with zero attached hydrogens (tertiary/aromatic N) is 2.